The molecule has 0 atom stereocenters. The van der Waals surface area contributed by atoms with Gasteiger partial charge in [-0.2, -0.15) is 0 Å². The zero-order valence-electron chi connectivity index (χ0n) is 8.19. The van der Waals surface area contributed by atoms with Crippen LogP contribution in [0.1, 0.15) is 20.2 Å². The van der Waals surface area contributed by atoms with Gasteiger partial charge in [0.25, 0.3) is 11.8 Å². The second-order valence-electron chi connectivity index (χ2n) is 2.97. The zero-order chi connectivity index (χ0) is 11.4. The number of amides is 2. The number of hydrogen-bond acceptors (Lipinski definition) is 3. The van der Waals surface area contributed by atoms with Crippen LogP contribution in [0.2, 0.25) is 0 Å². The normalized spacial score (nSPS) is 9.75. The number of carbonyl (C=O) groups is 2. The third kappa shape index (κ3) is 2.29. The summed E-state index contributed by atoms with van der Waals surface area (Å²) in [6.45, 7) is 0. The maximum Gasteiger partial charge on any atom is 0.286 e. The summed E-state index contributed by atoms with van der Waals surface area (Å²) in [5, 5.41) is 1.79. The van der Waals surface area contributed by atoms with Crippen LogP contribution in [-0.2, 0) is 0 Å². The Bertz CT molecular complexity index is 430. The molecule has 16 heavy (non-hydrogen) atoms. The molecule has 0 aliphatic rings. The van der Waals surface area contributed by atoms with E-state index in [1.165, 1.54) is 11.3 Å². The predicted molar refractivity (Wildman–Crippen MR) is 60.0 cm³/mol. The molecule has 2 rings (SSSR count). The Morgan fingerprint density at radius 1 is 1.12 bits per heavy atom. The highest BCUT2D eigenvalue weighted by atomic mass is 32.1. The highest BCUT2D eigenvalue weighted by molar-refractivity contribution is 7.12. The quantitative estimate of drug-likeness (QED) is 0.683. The van der Waals surface area contributed by atoms with Crippen LogP contribution in [0.3, 0.4) is 0 Å². The van der Waals surface area contributed by atoms with Crippen molar-refractivity contribution in [2.24, 2.45) is 0 Å². The number of rotatable bonds is 2. The van der Waals surface area contributed by atoms with Crippen molar-refractivity contribution in [2.75, 3.05) is 0 Å². The monoisotopic (exact) mass is 235 g/mol. The van der Waals surface area contributed by atoms with Gasteiger partial charge in [0.1, 0.15) is 5.69 Å². The van der Waals surface area contributed by atoms with Crippen LogP contribution in [0.4, 0.5) is 0 Å². The van der Waals surface area contributed by atoms with E-state index in [-0.39, 0.29) is 11.8 Å². The topological polar surface area (TPSA) is 74.0 Å². The fourth-order valence-corrected chi connectivity index (χ4v) is 1.74. The summed E-state index contributed by atoms with van der Waals surface area (Å²) in [6, 6.07) is 6.77. The van der Waals surface area contributed by atoms with E-state index in [1.807, 2.05) is 0 Å². The number of thiophene rings is 1. The number of carbonyl (C=O) groups excluding carboxylic acids is 2. The van der Waals surface area contributed by atoms with Crippen LogP contribution in [0.15, 0.2) is 35.8 Å². The number of H-pyrrole nitrogens is 1. The summed E-state index contributed by atoms with van der Waals surface area (Å²) in [4.78, 5) is 26.2. The summed E-state index contributed by atoms with van der Waals surface area (Å²) < 4.78 is 0. The maximum atomic E-state index is 11.5. The number of aromatic amines is 1. The largest absolute Gasteiger partial charge is 0.357 e. The van der Waals surface area contributed by atoms with Crippen molar-refractivity contribution in [3.05, 3.63) is 46.4 Å². The van der Waals surface area contributed by atoms with Crippen LogP contribution < -0.4 is 10.9 Å². The Kier molecular flexibility index (Phi) is 3.02. The molecule has 2 aromatic heterocycles. The van der Waals surface area contributed by atoms with Crippen LogP contribution >= 0.6 is 11.3 Å². The molecule has 82 valence electrons. The molecule has 2 aromatic rings. The summed E-state index contributed by atoms with van der Waals surface area (Å²) >= 11 is 1.31. The van der Waals surface area contributed by atoms with E-state index in [0.717, 1.165) is 0 Å². The zero-order valence-corrected chi connectivity index (χ0v) is 9.01. The number of nitrogens with one attached hydrogen (secondary N) is 3. The summed E-state index contributed by atoms with van der Waals surface area (Å²) in [5.74, 6) is -0.704. The van der Waals surface area contributed by atoms with Gasteiger partial charge >= 0.3 is 0 Å². The van der Waals surface area contributed by atoms with Crippen LogP contribution in [-0.4, -0.2) is 16.8 Å². The Hall–Kier alpha value is -2.08. The van der Waals surface area contributed by atoms with E-state index in [0.29, 0.717) is 10.6 Å². The molecule has 0 unspecified atom stereocenters. The maximum absolute atomic E-state index is 11.5. The minimum atomic E-state index is -0.380. The van der Waals surface area contributed by atoms with E-state index in [9.17, 15) is 9.59 Å². The van der Waals surface area contributed by atoms with Crippen molar-refractivity contribution in [2.45, 2.75) is 0 Å². The van der Waals surface area contributed by atoms with E-state index in [1.54, 1.807) is 35.8 Å². The van der Waals surface area contributed by atoms with E-state index >= 15 is 0 Å². The molecule has 0 aromatic carbocycles. The van der Waals surface area contributed by atoms with Gasteiger partial charge in [0.05, 0.1) is 4.88 Å². The molecule has 0 aliphatic carbocycles. The smallest absolute Gasteiger partial charge is 0.286 e. The Morgan fingerprint density at radius 3 is 2.56 bits per heavy atom. The molecule has 0 saturated heterocycles. The number of aromatic nitrogens is 1. The third-order valence-corrected chi connectivity index (χ3v) is 2.75. The van der Waals surface area contributed by atoms with E-state index in [2.05, 4.69) is 15.8 Å². The van der Waals surface area contributed by atoms with Gasteiger partial charge in [-0.25, -0.2) is 0 Å². The lowest BCUT2D eigenvalue weighted by atomic mass is 10.4. The lowest BCUT2D eigenvalue weighted by Crippen LogP contribution is -2.41. The molecule has 0 saturated carbocycles. The van der Waals surface area contributed by atoms with Crippen molar-refractivity contribution in [1.29, 1.82) is 0 Å². The molecule has 3 N–H and O–H groups in total. The SMILES string of the molecule is O=C(NNC(=O)c1cccs1)c1ccc[nH]1. The Labute approximate surface area is 95.5 Å². The van der Waals surface area contributed by atoms with E-state index in [4.69, 9.17) is 0 Å². The molecular formula is C10H9N3O2S. The minimum Gasteiger partial charge on any atom is -0.357 e. The average Bonchev–Trinajstić information content (AvgIpc) is 2.95. The fourth-order valence-electron chi connectivity index (χ4n) is 1.12. The van der Waals surface area contributed by atoms with Crippen molar-refractivity contribution < 1.29 is 9.59 Å². The van der Waals surface area contributed by atoms with E-state index < -0.39 is 0 Å². The second kappa shape index (κ2) is 4.63. The van der Waals surface area contributed by atoms with Gasteiger partial charge in [-0.15, -0.1) is 11.3 Å². The minimum absolute atomic E-state index is 0.324. The molecular weight excluding hydrogens is 226 g/mol. The van der Waals surface area contributed by atoms with Crippen LogP contribution in [0.25, 0.3) is 0 Å². The molecule has 5 nitrogen and oxygen atoms in total. The van der Waals surface area contributed by atoms with Gasteiger partial charge in [0.15, 0.2) is 0 Å². The lowest BCUT2D eigenvalue weighted by Gasteiger charge is -2.04. The van der Waals surface area contributed by atoms with Crippen molar-refractivity contribution in [3.8, 4) is 0 Å². The fraction of sp³-hybridized carbons (Fsp3) is 0. The summed E-state index contributed by atoms with van der Waals surface area (Å²) in [5.41, 5.74) is 5.03. The standard InChI is InChI=1S/C10H9N3O2S/c14-9(7-3-1-5-11-7)12-13-10(15)8-4-2-6-16-8/h1-6,11H,(H,12,14)(H,13,15). The average molecular weight is 235 g/mol. The predicted octanol–water partition coefficient (Wildman–Crippen LogP) is 1.15. The summed E-state index contributed by atoms with van der Waals surface area (Å²) in [7, 11) is 0. The molecule has 2 amide bonds. The van der Waals surface area contributed by atoms with Crippen LogP contribution in [0, 0.1) is 0 Å². The number of hydrazine groups is 1. The molecule has 0 aliphatic heterocycles. The van der Waals surface area contributed by atoms with Gasteiger partial charge < -0.3 is 4.98 Å². The van der Waals surface area contributed by atoms with Crippen LogP contribution in [0.5, 0.6) is 0 Å². The Morgan fingerprint density at radius 2 is 1.94 bits per heavy atom. The molecule has 2 heterocycles. The lowest BCUT2D eigenvalue weighted by molar-refractivity contribution is 0.0846. The molecule has 0 fully saturated rings. The van der Waals surface area contributed by atoms with Gasteiger partial charge in [0.2, 0.25) is 0 Å². The third-order valence-electron chi connectivity index (χ3n) is 1.88. The van der Waals surface area contributed by atoms with Crippen molar-refractivity contribution in [1.82, 2.24) is 15.8 Å². The Balaban J connectivity index is 1.89. The first-order valence-corrected chi connectivity index (χ1v) is 5.43. The van der Waals surface area contributed by atoms with Gasteiger partial charge in [-0.05, 0) is 23.6 Å². The molecule has 0 bridgehead atoms. The van der Waals surface area contributed by atoms with Gasteiger partial charge in [-0.1, -0.05) is 6.07 Å². The molecule has 0 spiro atoms. The number of hydrogen-bond donors (Lipinski definition) is 3. The molecule has 6 heteroatoms. The first-order chi connectivity index (χ1) is 7.77. The van der Waals surface area contributed by atoms with Crippen molar-refractivity contribution >= 4 is 23.2 Å². The highest BCUT2D eigenvalue weighted by Gasteiger charge is 2.09. The first kappa shape index (κ1) is 10.4. The van der Waals surface area contributed by atoms with Crippen molar-refractivity contribution in [3.63, 3.8) is 0 Å². The second-order valence-corrected chi connectivity index (χ2v) is 3.92. The summed E-state index contributed by atoms with van der Waals surface area (Å²) in [6.07, 6.45) is 1.63. The first-order valence-electron chi connectivity index (χ1n) is 4.55. The van der Waals surface area contributed by atoms with Gasteiger partial charge in [0, 0.05) is 6.20 Å². The highest BCUT2D eigenvalue weighted by Crippen LogP contribution is 2.07. The molecule has 0 radical (unpaired) electrons. The van der Waals surface area contributed by atoms with Gasteiger partial charge in [-0.3, -0.25) is 20.4 Å².